The topological polar surface area (TPSA) is 12.9 Å². The Hall–Kier alpha value is -2.84. The summed E-state index contributed by atoms with van der Waals surface area (Å²) in [5.74, 6) is 0. The van der Waals surface area contributed by atoms with Crippen LogP contribution in [0.15, 0.2) is 88.8 Å². The largest absolute Gasteiger partial charge is 0.256 e. The number of rotatable bonds is 0. The fourth-order valence-electron chi connectivity index (χ4n) is 3.91. The van der Waals surface area contributed by atoms with E-state index in [4.69, 9.17) is 4.98 Å². The molecule has 0 radical (unpaired) electrons. The Balaban J connectivity index is 1.80. The van der Waals surface area contributed by atoms with Crippen LogP contribution < -0.4 is 0 Å². The molecule has 1 aliphatic heterocycles. The van der Waals surface area contributed by atoms with Crippen molar-refractivity contribution < 1.29 is 0 Å². The second kappa shape index (κ2) is 4.84. The lowest BCUT2D eigenvalue weighted by Crippen LogP contribution is -1.96. The highest BCUT2D eigenvalue weighted by molar-refractivity contribution is 7.99. The average Bonchev–Trinajstić information content (AvgIpc) is 2.67. The van der Waals surface area contributed by atoms with Gasteiger partial charge in [-0.25, -0.2) is 0 Å². The van der Waals surface area contributed by atoms with E-state index in [0.29, 0.717) is 0 Å². The third-order valence-electron chi connectivity index (χ3n) is 5.06. The van der Waals surface area contributed by atoms with E-state index < -0.39 is 0 Å². The second-order valence-corrected chi connectivity index (χ2v) is 7.56. The standard InChI is InChI=1S/C23H13NS/c1-2-6-15-12-20-19(11-14(15)5-1)23-22-18(9-10-24-23)17-8-4-3-7-16(17)13-21(22)25-20/h1-13H. The smallest absolute Gasteiger partial charge is 0.0803 e. The molecule has 0 saturated heterocycles. The number of nitrogens with zero attached hydrogens (tertiary/aromatic N) is 1. The van der Waals surface area contributed by atoms with Gasteiger partial charge in [0.2, 0.25) is 0 Å². The van der Waals surface area contributed by atoms with E-state index in [-0.39, 0.29) is 0 Å². The van der Waals surface area contributed by atoms with Crippen LogP contribution in [0.3, 0.4) is 0 Å². The van der Waals surface area contributed by atoms with E-state index in [1.165, 1.54) is 47.7 Å². The van der Waals surface area contributed by atoms with E-state index in [2.05, 4.69) is 72.8 Å². The summed E-state index contributed by atoms with van der Waals surface area (Å²) < 4.78 is 0. The molecule has 2 heteroatoms. The molecule has 0 N–H and O–H groups in total. The summed E-state index contributed by atoms with van der Waals surface area (Å²) in [6, 6.07) is 26.2. The van der Waals surface area contributed by atoms with Crippen molar-refractivity contribution in [1.29, 1.82) is 0 Å². The Labute approximate surface area is 149 Å². The highest BCUT2D eigenvalue weighted by Crippen LogP contribution is 2.49. The maximum Gasteiger partial charge on any atom is 0.0803 e. The van der Waals surface area contributed by atoms with Crippen LogP contribution in [0.25, 0.3) is 43.6 Å². The molecule has 1 aliphatic rings. The molecule has 0 amide bonds. The van der Waals surface area contributed by atoms with Gasteiger partial charge in [0.1, 0.15) is 0 Å². The van der Waals surface area contributed by atoms with Gasteiger partial charge < -0.3 is 0 Å². The predicted octanol–water partition coefficient (Wildman–Crippen LogP) is 6.67. The maximum absolute atomic E-state index is 4.78. The molecular weight excluding hydrogens is 322 g/mol. The lowest BCUT2D eigenvalue weighted by molar-refractivity contribution is 1.30. The normalized spacial score (nSPS) is 12.6. The van der Waals surface area contributed by atoms with Gasteiger partial charge in [0.05, 0.1) is 5.69 Å². The van der Waals surface area contributed by atoms with Crippen LogP contribution in [0.2, 0.25) is 0 Å². The minimum Gasteiger partial charge on any atom is -0.256 e. The van der Waals surface area contributed by atoms with Crippen molar-refractivity contribution in [1.82, 2.24) is 4.98 Å². The molecule has 0 spiro atoms. The minimum absolute atomic E-state index is 1.11. The lowest BCUT2D eigenvalue weighted by Gasteiger charge is -2.21. The van der Waals surface area contributed by atoms with Gasteiger partial charge in [-0.2, -0.15) is 0 Å². The van der Waals surface area contributed by atoms with Crippen molar-refractivity contribution in [2.45, 2.75) is 9.79 Å². The highest BCUT2D eigenvalue weighted by Gasteiger charge is 2.22. The first-order chi connectivity index (χ1) is 12.4. The molecule has 0 aliphatic carbocycles. The van der Waals surface area contributed by atoms with E-state index in [1.807, 2.05) is 18.0 Å². The number of hydrogen-bond acceptors (Lipinski definition) is 2. The SMILES string of the molecule is c1ccc2cc3c(cc2c1)Sc1cc2ccccc2c2ccnc-3c12. The van der Waals surface area contributed by atoms with Crippen molar-refractivity contribution >= 4 is 44.1 Å². The van der Waals surface area contributed by atoms with Crippen LogP contribution in [0.5, 0.6) is 0 Å². The van der Waals surface area contributed by atoms with Crippen LogP contribution >= 0.6 is 11.8 Å². The maximum atomic E-state index is 4.78. The number of aromatic nitrogens is 1. The monoisotopic (exact) mass is 335 g/mol. The van der Waals surface area contributed by atoms with Crippen LogP contribution in [0, 0.1) is 0 Å². The zero-order valence-corrected chi connectivity index (χ0v) is 14.2. The fraction of sp³-hybridized carbons (Fsp3) is 0. The first-order valence-corrected chi connectivity index (χ1v) is 9.22. The summed E-state index contributed by atoms with van der Waals surface area (Å²) in [4.78, 5) is 7.38. The Morgan fingerprint density at radius 2 is 1.36 bits per heavy atom. The van der Waals surface area contributed by atoms with Gasteiger partial charge in [-0.05, 0) is 51.2 Å². The number of fused-ring (bicyclic) bond motifs is 5. The number of benzene rings is 4. The zero-order chi connectivity index (χ0) is 16.4. The molecule has 0 saturated carbocycles. The van der Waals surface area contributed by atoms with Gasteiger partial charge in [0.15, 0.2) is 0 Å². The lowest BCUT2D eigenvalue weighted by atomic mass is 9.97. The third-order valence-corrected chi connectivity index (χ3v) is 6.16. The molecule has 0 fully saturated rings. The first-order valence-electron chi connectivity index (χ1n) is 8.40. The average molecular weight is 335 g/mol. The van der Waals surface area contributed by atoms with Crippen LogP contribution in [0.4, 0.5) is 0 Å². The van der Waals surface area contributed by atoms with E-state index in [0.717, 1.165) is 5.69 Å². The Morgan fingerprint density at radius 1 is 0.640 bits per heavy atom. The van der Waals surface area contributed by atoms with Crippen LogP contribution in [-0.4, -0.2) is 4.98 Å². The predicted molar refractivity (Wildman–Crippen MR) is 106 cm³/mol. The Bertz CT molecular complexity index is 1320. The quantitative estimate of drug-likeness (QED) is 0.287. The first kappa shape index (κ1) is 13.5. The molecule has 4 aromatic carbocycles. The summed E-state index contributed by atoms with van der Waals surface area (Å²) in [6.45, 7) is 0. The van der Waals surface area contributed by atoms with Gasteiger partial charge in [-0.3, -0.25) is 4.98 Å². The van der Waals surface area contributed by atoms with Gasteiger partial charge in [-0.1, -0.05) is 60.3 Å². The van der Waals surface area contributed by atoms with E-state index in [1.54, 1.807) is 0 Å². The third kappa shape index (κ3) is 1.83. The Kier molecular flexibility index (Phi) is 2.60. The van der Waals surface area contributed by atoms with Crippen LogP contribution in [-0.2, 0) is 0 Å². The number of pyridine rings is 1. The van der Waals surface area contributed by atoms with Crippen molar-refractivity contribution in [3.8, 4) is 11.3 Å². The Morgan fingerprint density at radius 3 is 2.24 bits per heavy atom. The van der Waals surface area contributed by atoms with E-state index in [9.17, 15) is 0 Å². The molecule has 1 nitrogen and oxygen atoms in total. The summed E-state index contributed by atoms with van der Waals surface area (Å²) in [5.41, 5.74) is 2.36. The van der Waals surface area contributed by atoms with Gasteiger partial charge in [0.25, 0.3) is 0 Å². The number of hydrogen-bond donors (Lipinski definition) is 0. The van der Waals surface area contributed by atoms with Crippen molar-refractivity contribution in [2.75, 3.05) is 0 Å². The molecule has 6 rings (SSSR count). The molecule has 1 aromatic heterocycles. The summed E-state index contributed by atoms with van der Waals surface area (Å²) in [6.07, 6.45) is 1.95. The minimum atomic E-state index is 1.11. The second-order valence-electron chi connectivity index (χ2n) is 6.48. The summed E-state index contributed by atoms with van der Waals surface area (Å²) in [5, 5.41) is 7.72. The van der Waals surface area contributed by atoms with Crippen LogP contribution in [0.1, 0.15) is 0 Å². The van der Waals surface area contributed by atoms with E-state index >= 15 is 0 Å². The summed E-state index contributed by atoms with van der Waals surface area (Å²) >= 11 is 1.86. The molecule has 0 bridgehead atoms. The molecule has 0 unspecified atom stereocenters. The fourth-order valence-corrected chi connectivity index (χ4v) is 5.09. The van der Waals surface area contributed by atoms with Gasteiger partial charge in [0, 0.05) is 26.9 Å². The van der Waals surface area contributed by atoms with Crippen molar-refractivity contribution in [2.24, 2.45) is 0 Å². The van der Waals surface area contributed by atoms with Crippen molar-refractivity contribution in [3.63, 3.8) is 0 Å². The van der Waals surface area contributed by atoms with Gasteiger partial charge in [-0.15, -0.1) is 0 Å². The summed E-state index contributed by atoms with van der Waals surface area (Å²) in [7, 11) is 0. The molecule has 5 aromatic rings. The van der Waals surface area contributed by atoms with Gasteiger partial charge >= 0.3 is 0 Å². The zero-order valence-electron chi connectivity index (χ0n) is 13.4. The molecular formula is C23H13NS. The highest BCUT2D eigenvalue weighted by atomic mass is 32.2. The molecule has 25 heavy (non-hydrogen) atoms. The van der Waals surface area contributed by atoms with Crippen molar-refractivity contribution in [3.05, 3.63) is 79.0 Å². The molecule has 0 atom stereocenters. The molecule has 2 heterocycles. The molecule has 116 valence electrons.